The lowest BCUT2D eigenvalue weighted by Crippen LogP contribution is -2.29. The highest BCUT2D eigenvalue weighted by molar-refractivity contribution is 6.27. The number of carboxylic acid groups (broad SMARTS) is 2. The predicted molar refractivity (Wildman–Crippen MR) is 93.2 cm³/mol. The second kappa shape index (κ2) is 11.3. The minimum absolute atomic E-state index is 0.0306. The summed E-state index contributed by atoms with van der Waals surface area (Å²) in [4.78, 5) is 29.8. The number of rotatable bonds is 6. The average Bonchev–Trinajstić information content (AvgIpc) is 2.64. The molecule has 2 rings (SSSR count). The van der Waals surface area contributed by atoms with Crippen LogP contribution >= 0.6 is 0 Å². The third-order valence-electron chi connectivity index (χ3n) is 3.17. The van der Waals surface area contributed by atoms with Gasteiger partial charge in [-0.05, 0) is 42.8 Å². The van der Waals surface area contributed by atoms with E-state index in [1.807, 2.05) is 0 Å². The average molecular weight is 398 g/mol. The molecule has 2 aromatic rings. The molecule has 0 aliphatic carbocycles. The van der Waals surface area contributed by atoms with Crippen LogP contribution in [0.25, 0.3) is 0 Å². The normalized spacial score (nSPS) is 9.82. The molecule has 150 valence electrons. The van der Waals surface area contributed by atoms with Gasteiger partial charge in [0, 0.05) is 6.07 Å². The summed E-state index contributed by atoms with van der Waals surface area (Å²) in [5.74, 6) is -5.73. The Morgan fingerprint density at radius 2 is 1.43 bits per heavy atom. The summed E-state index contributed by atoms with van der Waals surface area (Å²) < 4.78 is 39.0. The van der Waals surface area contributed by atoms with Gasteiger partial charge in [-0.3, -0.25) is 4.79 Å². The summed E-state index contributed by atoms with van der Waals surface area (Å²) in [6, 6.07) is 8.92. The Hall–Kier alpha value is -3.40. The number of hydrogen-bond acceptors (Lipinski definition) is 4. The Bertz CT molecular complexity index is 816. The SMILES string of the molecule is O=C(CNCCc1ccc(F)cc1)Nc1cc(F)ccc1F.O=C(O)C(=O)O. The van der Waals surface area contributed by atoms with E-state index in [0.29, 0.717) is 13.0 Å². The zero-order chi connectivity index (χ0) is 21.1. The maximum atomic E-state index is 13.3. The molecule has 0 spiro atoms. The second-order valence-corrected chi connectivity index (χ2v) is 5.34. The van der Waals surface area contributed by atoms with Gasteiger partial charge < -0.3 is 20.8 Å². The molecule has 10 heteroatoms. The first-order valence-electron chi connectivity index (χ1n) is 7.85. The first kappa shape index (κ1) is 22.6. The van der Waals surface area contributed by atoms with E-state index in [9.17, 15) is 18.0 Å². The van der Waals surface area contributed by atoms with E-state index in [4.69, 9.17) is 19.8 Å². The van der Waals surface area contributed by atoms with Crippen molar-refractivity contribution in [2.45, 2.75) is 6.42 Å². The molecule has 4 N–H and O–H groups in total. The van der Waals surface area contributed by atoms with Gasteiger partial charge in [0.2, 0.25) is 5.91 Å². The molecule has 0 unspecified atom stereocenters. The van der Waals surface area contributed by atoms with Gasteiger partial charge >= 0.3 is 11.9 Å². The Balaban J connectivity index is 0.000000568. The number of halogens is 3. The van der Waals surface area contributed by atoms with Gasteiger partial charge in [0.15, 0.2) is 0 Å². The monoisotopic (exact) mass is 398 g/mol. The van der Waals surface area contributed by atoms with Crippen molar-refractivity contribution in [3.63, 3.8) is 0 Å². The minimum Gasteiger partial charge on any atom is -0.473 e. The molecular formula is C18H17F3N2O5. The fourth-order valence-electron chi connectivity index (χ4n) is 1.87. The van der Waals surface area contributed by atoms with E-state index in [1.165, 1.54) is 12.1 Å². The molecule has 0 aliphatic rings. The van der Waals surface area contributed by atoms with E-state index in [-0.39, 0.29) is 18.0 Å². The molecule has 0 aromatic heterocycles. The molecule has 1 amide bonds. The van der Waals surface area contributed by atoms with Gasteiger partial charge in [-0.1, -0.05) is 12.1 Å². The van der Waals surface area contributed by atoms with Crippen LogP contribution in [0.4, 0.5) is 18.9 Å². The van der Waals surface area contributed by atoms with E-state index in [0.717, 1.165) is 23.8 Å². The molecule has 0 bridgehead atoms. The number of hydrogen-bond donors (Lipinski definition) is 4. The van der Waals surface area contributed by atoms with Gasteiger partial charge in [0.05, 0.1) is 12.2 Å². The summed E-state index contributed by atoms with van der Waals surface area (Å²) >= 11 is 0. The van der Waals surface area contributed by atoms with Gasteiger partial charge in [-0.15, -0.1) is 0 Å². The molecule has 7 nitrogen and oxygen atoms in total. The zero-order valence-corrected chi connectivity index (χ0v) is 14.4. The topological polar surface area (TPSA) is 116 Å². The summed E-state index contributed by atoms with van der Waals surface area (Å²) in [7, 11) is 0. The van der Waals surface area contributed by atoms with Crippen LogP contribution in [0, 0.1) is 17.5 Å². The van der Waals surface area contributed by atoms with Crippen LogP contribution in [0.1, 0.15) is 5.56 Å². The number of benzene rings is 2. The summed E-state index contributed by atoms with van der Waals surface area (Å²) in [5.41, 5.74) is 0.746. The summed E-state index contributed by atoms with van der Waals surface area (Å²) in [6.07, 6.45) is 0.627. The standard InChI is InChI=1S/C16H15F3N2O.C2H2O4/c17-12-3-1-11(2-4-12)7-8-20-10-16(22)21-15-9-13(18)5-6-14(15)19;3-1(4)2(5)6/h1-6,9,20H,7-8,10H2,(H,21,22);(H,3,4)(H,5,6). The molecule has 0 saturated carbocycles. The van der Waals surface area contributed by atoms with Crippen molar-refractivity contribution in [3.8, 4) is 0 Å². The van der Waals surface area contributed by atoms with Crippen LogP contribution in [0.15, 0.2) is 42.5 Å². The first-order valence-corrected chi connectivity index (χ1v) is 7.85. The maximum Gasteiger partial charge on any atom is 0.414 e. The molecule has 0 saturated heterocycles. The molecular weight excluding hydrogens is 381 g/mol. The quantitative estimate of drug-likeness (QED) is 0.437. The van der Waals surface area contributed by atoms with E-state index in [1.54, 1.807) is 12.1 Å². The maximum absolute atomic E-state index is 13.3. The number of aliphatic carboxylic acids is 2. The highest BCUT2D eigenvalue weighted by atomic mass is 19.1. The van der Waals surface area contributed by atoms with Gasteiger partial charge in [0.1, 0.15) is 17.5 Å². The lowest BCUT2D eigenvalue weighted by atomic mass is 10.1. The number of carboxylic acids is 2. The molecule has 0 fully saturated rings. The smallest absolute Gasteiger partial charge is 0.414 e. The summed E-state index contributed by atoms with van der Waals surface area (Å²) in [5, 5.41) is 20.0. The third-order valence-corrected chi connectivity index (χ3v) is 3.17. The second-order valence-electron chi connectivity index (χ2n) is 5.34. The number of amides is 1. The molecule has 0 heterocycles. The van der Waals surface area contributed by atoms with Crippen LogP contribution < -0.4 is 10.6 Å². The van der Waals surface area contributed by atoms with Crippen molar-refractivity contribution in [2.75, 3.05) is 18.4 Å². The molecule has 2 aromatic carbocycles. The highest BCUT2D eigenvalue weighted by Gasteiger charge is 2.08. The van der Waals surface area contributed by atoms with Crippen LogP contribution in [0.5, 0.6) is 0 Å². The molecule has 0 radical (unpaired) electrons. The molecule has 0 atom stereocenters. The Labute approximate surface area is 157 Å². The lowest BCUT2D eigenvalue weighted by Gasteiger charge is -2.08. The number of carbonyl (C=O) groups is 3. The van der Waals surface area contributed by atoms with Crippen molar-refractivity contribution in [1.29, 1.82) is 0 Å². The van der Waals surface area contributed by atoms with Crippen molar-refractivity contribution in [3.05, 3.63) is 65.5 Å². The largest absolute Gasteiger partial charge is 0.473 e. The van der Waals surface area contributed by atoms with Gasteiger partial charge in [0.25, 0.3) is 0 Å². The number of carbonyl (C=O) groups excluding carboxylic acids is 1. The predicted octanol–water partition coefficient (Wildman–Crippen LogP) is 2.03. The summed E-state index contributed by atoms with van der Waals surface area (Å²) in [6.45, 7) is 0.474. The van der Waals surface area contributed by atoms with Crippen LogP contribution in [-0.2, 0) is 20.8 Å². The van der Waals surface area contributed by atoms with Crippen molar-refractivity contribution in [2.24, 2.45) is 0 Å². The van der Waals surface area contributed by atoms with Crippen molar-refractivity contribution in [1.82, 2.24) is 5.32 Å². The molecule has 0 aliphatic heterocycles. The number of anilines is 1. The molecule has 28 heavy (non-hydrogen) atoms. The Morgan fingerprint density at radius 3 is 2.00 bits per heavy atom. The Kier molecular flexibility index (Phi) is 9.17. The van der Waals surface area contributed by atoms with E-state index in [2.05, 4.69) is 10.6 Å². The fraction of sp³-hybridized carbons (Fsp3) is 0.167. The van der Waals surface area contributed by atoms with Crippen molar-refractivity contribution >= 4 is 23.5 Å². The highest BCUT2D eigenvalue weighted by Crippen LogP contribution is 2.14. The van der Waals surface area contributed by atoms with Gasteiger partial charge in [-0.25, -0.2) is 22.8 Å². The first-order chi connectivity index (χ1) is 13.2. The van der Waals surface area contributed by atoms with E-state index >= 15 is 0 Å². The fourth-order valence-corrected chi connectivity index (χ4v) is 1.87. The lowest BCUT2D eigenvalue weighted by molar-refractivity contribution is -0.159. The van der Waals surface area contributed by atoms with E-state index < -0.39 is 29.5 Å². The van der Waals surface area contributed by atoms with Crippen molar-refractivity contribution < 1.29 is 37.8 Å². The third kappa shape index (κ3) is 8.81. The minimum atomic E-state index is -1.82. The van der Waals surface area contributed by atoms with Crippen LogP contribution in [0.3, 0.4) is 0 Å². The van der Waals surface area contributed by atoms with Crippen LogP contribution in [0.2, 0.25) is 0 Å². The number of nitrogens with one attached hydrogen (secondary N) is 2. The van der Waals surface area contributed by atoms with Crippen LogP contribution in [-0.4, -0.2) is 41.1 Å². The zero-order valence-electron chi connectivity index (χ0n) is 14.4. The Morgan fingerprint density at radius 1 is 0.857 bits per heavy atom. The van der Waals surface area contributed by atoms with Gasteiger partial charge in [-0.2, -0.15) is 0 Å².